The fraction of sp³-hybridized carbons (Fsp3) is 0.200. The van der Waals surface area contributed by atoms with Gasteiger partial charge in [0.05, 0.1) is 34.7 Å². The summed E-state index contributed by atoms with van der Waals surface area (Å²) in [7, 11) is 3.00. The topological polar surface area (TPSA) is 64.6 Å². The molecule has 0 bridgehead atoms. The third kappa shape index (κ3) is 3.40. The van der Waals surface area contributed by atoms with E-state index in [1.54, 1.807) is 24.3 Å². The van der Waals surface area contributed by atoms with Crippen molar-refractivity contribution < 1.29 is 19.1 Å². The molecule has 2 aromatic rings. The van der Waals surface area contributed by atoms with Crippen LogP contribution in [0.3, 0.4) is 0 Å². The Kier molecular flexibility index (Phi) is 5.05. The first kappa shape index (κ1) is 16.3. The molecule has 0 aliphatic rings. The van der Waals surface area contributed by atoms with Crippen molar-refractivity contribution >= 4 is 40.3 Å². The van der Waals surface area contributed by atoms with Crippen molar-refractivity contribution in [3.8, 4) is 11.5 Å². The number of ketones is 1. The minimum Gasteiger partial charge on any atom is -0.493 e. The van der Waals surface area contributed by atoms with Gasteiger partial charge in [0.1, 0.15) is 0 Å². The van der Waals surface area contributed by atoms with E-state index in [2.05, 4.69) is 5.32 Å². The van der Waals surface area contributed by atoms with Crippen molar-refractivity contribution in [2.75, 3.05) is 19.5 Å². The Morgan fingerprint density at radius 1 is 1.09 bits per heavy atom. The summed E-state index contributed by atoms with van der Waals surface area (Å²) in [6.45, 7) is 1.46. The summed E-state index contributed by atoms with van der Waals surface area (Å²) in [4.78, 5) is 24.4. The van der Waals surface area contributed by atoms with Gasteiger partial charge in [-0.05, 0) is 19.1 Å². The van der Waals surface area contributed by atoms with Crippen LogP contribution in [0.15, 0.2) is 24.3 Å². The predicted molar refractivity (Wildman–Crippen MR) is 86.8 cm³/mol. The van der Waals surface area contributed by atoms with Gasteiger partial charge in [-0.25, -0.2) is 0 Å². The van der Waals surface area contributed by atoms with Gasteiger partial charge in [0.25, 0.3) is 5.91 Å². The van der Waals surface area contributed by atoms with Gasteiger partial charge in [0.2, 0.25) is 0 Å². The van der Waals surface area contributed by atoms with Gasteiger partial charge >= 0.3 is 0 Å². The van der Waals surface area contributed by atoms with Crippen LogP contribution in [-0.2, 0) is 0 Å². The molecule has 1 heterocycles. The van der Waals surface area contributed by atoms with Gasteiger partial charge in [-0.1, -0.05) is 11.6 Å². The van der Waals surface area contributed by atoms with Crippen LogP contribution in [0.4, 0.5) is 5.69 Å². The quantitative estimate of drug-likeness (QED) is 0.840. The molecule has 0 saturated carbocycles. The molecule has 116 valence electrons. The minimum atomic E-state index is -0.341. The third-order valence-corrected chi connectivity index (χ3v) is 4.40. The highest BCUT2D eigenvalue weighted by molar-refractivity contribution is 7.16. The normalized spacial score (nSPS) is 10.2. The number of hydrogen-bond acceptors (Lipinski definition) is 5. The van der Waals surface area contributed by atoms with Gasteiger partial charge in [-0.15, -0.1) is 11.3 Å². The number of nitrogens with one attached hydrogen (secondary N) is 1. The minimum absolute atomic E-state index is 0.0757. The first-order valence-corrected chi connectivity index (χ1v) is 7.49. The zero-order chi connectivity index (χ0) is 16.3. The molecule has 2 rings (SSSR count). The second kappa shape index (κ2) is 6.81. The molecule has 7 heteroatoms. The second-order valence-corrected chi connectivity index (χ2v) is 5.85. The lowest BCUT2D eigenvalue weighted by atomic mass is 10.2. The molecular weight excluding hydrogens is 326 g/mol. The van der Waals surface area contributed by atoms with E-state index in [4.69, 9.17) is 21.1 Å². The molecule has 0 fully saturated rings. The van der Waals surface area contributed by atoms with Crippen molar-refractivity contribution in [2.45, 2.75) is 6.92 Å². The monoisotopic (exact) mass is 339 g/mol. The third-order valence-electron chi connectivity index (χ3n) is 2.90. The molecular formula is C15H14ClNO4S. The standard InChI is InChI=1S/C15H14ClNO4S/c1-8(18)13-4-5-14(22-13)15(19)17-10-7-12(21-3)11(20-2)6-9(10)16/h4-7H,1-3H3,(H,17,19). The summed E-state index contributed by atoms with van der Waals surface area (Å²) in [5.74, 6) is 0.512. The smallest absolute Gasteiger partial charge is 0.265 e. The van der Waals surface area contributed by atoms with E-state index >= 15 is 0 Å². The van der Waals surface area contributed by atoms with Crippen molar-refractivity contribution in [3.05, 3.63) is 39.0 Å². The van der Waals surface area contributed by atoms with E-state index < -0.39 is 0 Å². The van der Waals surface area contributed by atoms with E-state index in [0.717, 1.165) is 11.3 Å². The fourth-order valence-electron chi connectivity index (χ4n) is 1.78. The summed E-state index contributed by atoms with van der Waals surface area (Å²) in [5.41, 5.74) is 0.405. The molecule has 0 radical (unpaired) electrons. The maximum absolute atomic E-state index is 12.2. The van der Waals surface area contributed by atoms with Gasteiger partial charge in [-0.2, -0.15) is 0 Å². The van der Waals surface area contributed by atoms with Crippen LogP contribution in [-0.4, -0.2) is 25.9 Å². The van der Waals surface area contributed by atoms with Gasteiger partial charge < -0.3 is 14.8 Å². The van der Waals surface area contributed by atoms with Crippen LogP contribution < -0.4 is 14.8 Å². The number of rotatable bonds is 5. The van der Waals surface area contributed by atoms with Gasteiger partial charge in [0, 0.05) is 12.1 Å². The molecule has 22 heavy (non-hydrogen) atoms. The molecule has 1 aromatic heterocycles. The van der Waals surface area contributed by atoms with Crippen LogP contribution >= 0.6 is 22.9 Å². The number of halogens is 1. The molecule has 0 atom stereocenters. The lowest BCUT2D eigenvalue weighted by molar-refractivity contribution is 0.101. The molecule has 0 spiro atoms. The largest absolute Gasteiger partial charge is 0.493 e. The van der Waals surface area contributed by atoms with Crippen molar-refractivity contribution in [3.63, 3.8) is 0 Å². The summed E-state index contributed by atoms with van der Waals surface area (Å²) in [5, 5.41) is 3.03. The zero-order valence-electron chi connectivity index (χ0n) is 12.2. The summed E-state index contributed by atoms with van der Waals surface area (Å²) in [6.07, 6.45) is 0. The lowest BCUT2D eigenvalue weighted by Crippen LogP contribution is -2.10. The molecule has 1 amide bonds. The second-order valence-electron chi connectivity index (χ2n) is 4.36. The average Bonchev–Trinajstić information content (AvgIpc) is 2.99. The molecule has 0 unspecified atom stereocenters. The van der Waals surface area contributed by atoms with Crippen molar-refractivity contribution in [1.29, 1.82) is 0 Å². The highest BCUT2D eigenvalue weighted by atomic mass is 35.5. The number of carbonyl (C=O) groups excluding carboxylic acids is 2. The van der Waals surface area contributed by atoms with Crippen LogP contribution in [0.2, 0.25) is 5.02 Å². The SMILES string of the molecule is COc1cc(Cl)c(NC(=O)c2ccc(C(C)=O)s2)cc1OC. The average molecular weight is 340 g/mol. The first-order valence-electron chi connectivity index (χ1n) is 6.30. The predicted octanol–water partition coefficient (Wildman–Crippen LogP) is 3.87. The number of anilines is 1. The number of benzene rings is 1. The Balaban J connectivity index is 2.25. The Labute approximate surface area is 136 Å². The highest BCUT2D eigenvalue weighted by Gasteiger charge is 2.15. The maximum atomic E-state index is 12.2. The fourth-order valence-corrected chi connectivity index (χ4v) is 2.78. The number of thiophene rings is 1. The van der Waals surface area contributed by atoms with Crippen LogP contribution in [0.5, 0.6) is 11.5 Å². The summed E-state index contributed by atoms with van der Waals surface area (Å²) >= 11 is 7.25. The molecule has 1 N–H and O–H groups in total. The number of amides is 1. The van der Waals surface area contributed by atoms with E-state index in [1.165, 1.54) is 21.1 Å². The number of ether oxygens (including phenoxy) is 2. The number of carbonyl (C=O) groups is 2. The summed E-state index contributed by atoms with van der Waals surface area (Å²) < 4.78 is 10.3. The summed E-state index contributed by atoms with van der Waals surface area (Å²) in [6, 6.07) is 6.37. The van der Waals surface area contributed by atoms with Crippen LogP contribution in [0, 0.1) is 0 Å². The van der Waals surface area contributed by atoms with Crippen LogP contribution in [0.1, 0.15) is 26.3 Å². The highest BCUT2D eigenvalue weighted by Crippen LogP contribution is 2.36. The Hall–Kier alpha value is -2.05. The number of methoxy groups -OCH3 is 2. The maximum Gasteiger partial charge on any atom is 0.265 e. The molecule has 5 nitrogen and oxygen atoms in total. The Bertz CT molecular complexity index is 726. The van der Waals surface area contributed by atoms with Crippen molar-refractivity contribution in [2.24, 2.45) is 0 Å². The molecule has 0 aliphatic carbocycles. The number of Topliss-reactive ketones (excluding diaryl/α,β-unsaturated/α-hetero) is 1. The molecule has 1 aromatic carbocycles. The molecule has 0 aliphatic heterocycles. The van der Waals surface area contributed by atoms with Gasteiger partial charge in [-0.3, -0.25) is 9.59 Å². The van der Waals surface area contributed by atoms with Gasteiger partial charge in [0.15, 0.2) is 17.3 Å². The number of hydrogen-bond donors (Lipinski definition) is 1. The van der Waals surface area contributed by atoms with Crippen LogP contribution in [0.25, 0.3) is 0 Å². The Morgan fingerprint density at radius 3 is 2.23 bits per heavy atom. The van der Waals surface area contributed by atoms with Crippen molar-refractivity contribution in [1.82, 2.24) is 0 Å². The lowest BCUT2D eigenvalue weighted by Gasteiger charge is -2.12. The van der Waals surface area contributed by atoms with E-state index in [-0.39, 0.29) is 11.7 Å². The Morgan fingerprint density at radius 2 is 1.68 bits per heavy atom. The van der Waals surface area contributed by atoms with E-state index in [9.17, 15) is 9.59 Å². The van der Waals surface area contributed by atoms with E-state index in [1.807, 2.05) is 0 Å². The first-order chi connectivity index (χ1) is 10.5. The van der Waals surface area contributed by atoms with E-state index in [0.29, 0.717) is 32.0 Å². The molecule has 0 saturated heterocycles. The zero-order valence-corrected chi connectivity index (χ0v) is 13.8.